The van der Waals surface area contributed by atoms with Crippen molar-refractivity contribution in [1.82, 2.24) is 4.98 Å². The number of fused-ring (bicyclic) bond motifs is 1. The molecule has 0 atom stereocenters. The molecule has 3 aromatic rings. The van der Waals surface area contributed by atoms with Crippen molar-refractivity contribution in [3.8, 4) is 0 Å². The van der Waals surface area contributed by atoms with E-state index in [1.165, 1.54) is 0 Å². The molecule has 0 unspecified atom stereocenters. The summed E-state index contributed by atoms with van der Waals surface area (Å²) in [5.41, 5.74) is 2.34. The third-order valence-electron chi connectivity index (χ3n) is 4.39. The first kappa shape index (κ1) is 17.4. The van der Waals surface area contributed by atoms with Crippen LogP contribution < -0.4 is 10.2 Å². The molecule has 1 aliphatic heterocycles. The van der Waals surface area contributed by atoms with Crippen LogP contribution in [0, 0.1) is 0 Å². The average molecular weight is 424 g/mol. The van der Waals surface area contributed by atoms with Crippen molar-refractivity contribution in [2.45, 2.75) is 12.8 Å². The van der Waals surface area contributed by atoms with Crippen LogP contribution >= 0.6 is 15.9 Å². The summed E-state index contributed by atoms with van der Waals surface area (Å²) in [6, 6.07) is 13.8. The van der Waals surface area contributed by atoms with Crippen LogP contribution in [0.2, 0.25) is 0 Å². The number of carbonyl (C=O) groups excluding carboxylic acids is 3. The highest BCUT2D eigenvalue weighted by atomic mass is 79.9. The van der Waals surface area contributed by atoms with E-state index in [0.29, 0.717) is 16.9 Å². The summed E-state index contributed by atoms with van der Waals surface area (Å²) in [5.74, 6) is -0.717. The smallest absolute Gasteiger partial charge is 0.255 e. The highest BCUT2D eigenvalue weighted by Gasteiger charge is 2.30. The summed E-state index contributed by atoms with van der Waals surface area (Å²) < 4.78 is 0.891. The summed E-state index contributed by atoms with van der Waals surface area (Å²) in [6.07, 6.45) is 2.09. The minimum atomic E-state index is -0.284. The number of hydrogen-bond donors (Lipinski definition) is 1. The molecule has 1 N–H and O–H groups in total. The lowest BCUT2D eigenvalue weighted by Gasteiger charge is -2.14. The lowest BCUT2D eigenvalue weighted by Crippen LogP contribution is -2.28. The van der Waals surface area contributed by atoms with E-state index < -0.39 is 0 Å². The molecule has 7 heteroatoms. The van der Waals surface area contributed by atoms with Crippen molar-refractivity contribution in [3.63, 3.8) is 0 Å². The quantitative estimate of drug-likeness (QED) is 0.647. The molecule has 0 aliphatic carbocycles. The van der Waals surface area contributed by atoms with Gasteiger partial charge < -0.3 is 5.32 Å². The fourth-order valence-corrected chi connectivity index (χ4v) is 3.41. The van der Waals surface area contributed by atoms with Gasteiger partial charge in [-0.05, 0) is 48.5 Å². The minimum absolute atomic E-state index is 0.217. The van der Waals surface area contributed by atoms with Crippen LogP contribution in [-0.4, -0.2) is 22.7 Å². The molecule has 1 fully saturated rings. The average Bonchev–Trinajstić information content (AvgIpc) is 3.00. The zero-order valence-electron chi connectivity index (χ0n) is 14.1. The monoisotopic (exact) mass is 423 g/mol. The van der Waals surface area contributed by atoms with Gasteiger partial charge in [0, 0.05) is 34.5 Å². The molecule has 2 heterocycles. The molecule has 0 radical (unpaired) electrons. The number of anilines is 2. The van der Waals surface area contributed by atoms with E-state index in [1.807, 2.05) is 18.2 Å². The normalized spacial score (nSPS) is 14.0. The molecule has 6 nitrogen and oxygen atoms in total. The fourth-order valence-electron chi connectivity index (χ4n) is 3.05. The maximum absolute atomic E-state index is 12.6. The largest absolute Gasteiger partial charge is 0.321 e. The van der Waals surface area contributed by atoms with Crippen LogP contribution in [0.15, 0.2) is 59.2 Å². The summed E-state index contributed by atoms with van der Waals surface area (Å²) in [5, 5.41) is 3.71. The van der Waals surface area contributed by atoms with Crippen molar-refractivity contribution >= 4 is 55.9 Å². The number of carbonyl (C=O) groups is 3. The van der Waals surface area contributed by atoms with Crippen LogP contribution in [-0.2, 0) is 9.59 Å². The van der Waals surface area contributed by atoms with Crippen molar-refractivity contribution < 1.29 is 14.4 Å². The van der Waals surface area contributed by atoms with Gasteiger partial charge in [-0.2, -0.15) is 0 Å². The molecule has 0 spiro atoms. The Morgan fingerprint density at radius 2 is 1.70 bits per heavy atom. The van der Waals surface area contributed by atoms with Gasteiger partial charge in [-0.1, -0.05) is 15.9 Å². The Morgan fingerprint density at radius 3 is 2.41 bits per heavy atom. The Bertz CT molecular complexity index is 1060. The van der Waals surface area contributed by atoms with Gasteiger partial charge in [0.05, 0.1) is 16.9 Å². The van der Waals surface area contributed by atoms with Crippen LogP contribution in [0.1, 0.15) is 23.2 Å². The summed E-state index contributed by atoms with van der Waals surface area (Å²) in [7, 11) is 0. The first-order chi connectivity index (χ1) is 13.0. The number of rotatable bonds is 3. The fraction of sp³-hybridized carbons (Fsp3) is 0.100. The second-order valence-electron chi connectivity index (χ2n) is 6.14. The maximum atomic E-state index is 12.6. The first-order valence-electron chi connectivity index (χ1n) is 8.34. The molecule has 1 saturated heterocycles. The number of imide groups is 1. The predicted octanol–water partition coefficient (Wildman–Crippen LogP) is 3.90. The van der Waals surface area contributed by atoms with Crippen LogP contribution in [0.5, 0.6) is 0 Å². The Balaban J connectivity index is 1.58. The van der Waals surface area contributed by atoms with E-state index in [9.17, 15) is 14.4 Å². The third-order valence-corrected chi connectivity index (χ3v) is 4.88. The van der Waals surface area contributed by atoms with E-state index in [0.717, 1.165) is 20.3 Å². The first-order valence-corrected chi connectivity index (χ1v) is 9.14. The lowest BCUT2D eigenvalue weighted by atomic mass is 10.1. The molecule has 2 aromatic carbocycles. The number of pyridine rings is 1. The Kier molecular flexibility index (Phi) is 4.45. The number of aromatic nitrogens is 1. The van der Waals surface area contributed by atoms with E-state index in [1.54, 1.807) is 36.5 Å². The molecule has 0 saturated carbocycles. The molecule has 134 valence electrons. The van der Waals surface area contributed by atoms with Gasteiger partial charge in [-0.3, -0.25) is 24.3 Å². The van der Waals surface area contributed by atoms with Crippen LogP contribution in [0.25, 0.3) is 10.9 Å². The Morgan fingerprint density at radius 1 is 1.00 bits per heavy atom. The number of nitrogens with zero attached hydrogens (tertiary/aromatic N) is 2. The van der Waals surface area contributed by atoms with E-state index >= 15 is 0 Å². The van der Waals surface area contributed by atoms with Crippen molar-refractivity contribution in [2.24, 2.45) is 0 Å². The highest BCUT2D eigenvalue weighted by molar-refractivity contribution is 9.10. The van der Waals surface area contributed by atoms with Gasteiger partial charge in [0.1, 0.15) is 0 Å². The molecule has 1 aliphatic rings. The summed E-state index contributed by atoms with van der Waals surface area (Å²) >= 11 is 3.43. The Hall–Kier alpha value is -3.06. The standard InChI is InChI=1S/C20H14BrN3O3/c21-13-3-6-16-15(11-13)17(9-10-22-16)23-20(27)12-1-4-14(5-2-12)24-18(25)7-8-19(24)26/h1-6,9-11H,7-8H2,(H,22,23,27). The van der Waals surface area contributed by atoms with Gasteiger partial charge in [-0.25, -0.2) is 0 Å². The molecular formula is C20H14BrN3O3. The SMILES string of the molecule is O=C(Nc1ccnc2ccc(Br)cc12)c1ccc(N2C(=O)CCC2=O)cc1. The number of benzene rings is 2. The zero-order valence-corrected chi connectivity index (χ0v) is 15.7. The molecule has 4 rings (SSSR count). The maximum Gasteiger partial charge on any atom is 0.255 e. The number of amides is 3. The van der Waals surface area contributed by atoms with Crippen LogP contribution in [0.4, 0.5) is 11.4 Å². The zero-order chi connectivity index (χ0) is 19.0. The second kappa shape index (κ2) is 6.92. The summed E-state index contributed by atoms with van der Waals surface area (Å²) in [6.45, 7) is 0. The molecule has 27 heavy (non-hydrogen) atoms. The van der Waals surface area contributed by atoms with E-state index in [4.69, 9.17) is 0 Å². The van der Waals surface area contributed by atoms with Gasteiger partial charge >= 0.3 is 0 Å². The van der Waals surface area contributed by atoms with E-state index in [2.05, 4.69) is 26.2 Å². The number of nitrogens with one attached hydrogen (secondary N) is 1. The van der Waals surface area contributed by atoms with Gasteiger partial charge in [0.2, 0.25) is 11.8 Å². The van der Waals surface area contributed by atoms with Crippen molar-refractivity contribution in [2.75, 3.05) is 10.2 Å². The van der Waals surface area contributed by atoms with Crippen molar-refractivity contribution in [1.29, 1.82) is 0 Å². The second-order valence-corrected chi connectivity index (χ2v) is 7.06. The highest BCUT2D eigenvalue weighted by Crippen LogP contribution is 2.26. The topological polar surface area (TPSA) is 79.4 Å². The minimum Gasteiger partial charge on any atom is -0.321 e. The molecule has 3 amide bonds. The number of halogens is 1. The molecule has 0 bridgehead atoms. The third kappa shape index (κ3) is 3.33. The molecular weight excluding hydrogens is 410 g/mol. The van der Waals surface area contributed by atoms with Gasteiger partial charge in [-0.15, -0.1) is 0 Å². The predicted molar refractivity (Wildman–Crippen MR) is 106 cm³/mol. The Labute approximate surface area is 163 Å². The van der Waals surface area contributed by atoms with Crippen molar-refractivity contribution in [3.05, 3.63) is 64.8 Å². The number of hydrogen-bond acceptors (Lipinski definition) is 4. The van der Waals surface area contributed by atoms with Crippen LogP contribution in [0.3, 0.4) is 0 Å². The van der Waals surface area contributed by atoms with Gasteiger partial charge in [0.15, 0.2) is 0 Å². The molecule has 1 aromatic heterocycles. The summed E-state index contributed by atoms with van der Waals surface area (Å²) in [4.78, 5) is 41.7. The lowest BCUT2D eigenvalue weighted by molar-refractivity contribution is -0.121. The van der Waals surface area contributed by atoms with E-state index in [-0.39, 0.29) is 30.6 Å². The van der Waals surface area contributed by atoms with Gasteiger partial charge in [0.25, 0.3) is 5.91 Å².